The molecule has 0 bridgehead atoms. The third kappa shape index (κ3) is 4.49. The maximum atomic E-state index is 12.4. The number of hydrogen-bond acceptors (Lipinski definition) is 5. The number of benzene rings is 2. The number of carbonyl (C=O) groups excluding carboxylic acids is 1. The molecule has 25 heavy (non-hydrogen) atoms. The monoisotopic (exact) mass is 373 g/mol. The van der Waals surface area contributed by atoms with Crippen molar-refractivity contribution in [2.24, 2.45) is 0 Å². The van der Waals surface area contributed by atoms with Crippen molar-refractivity contribution in [3.8, 4) is 5.75 Å². The van der Waals surface area contributed by atoms with Crippen LogP contribution in [0, 0.1) is 0 Å². The Morgan fingerprint density at radius 3 is 2.72 bits per heavy atom. The number of thiazole rings is 1. The van der Waals surface area contributed by atoms with Gasteiger partial charge in [0.2, 0.25) is 0 Å². The lowest BCUT2D eigenvalue weighted by molar-refractivity contribution is 0.102. The SMILES string of the molecule is COc1ccc(NCc2cnc(Cl)s2)cc1NC(=O)c1ccccc1. The molecule has 0 saturated carbocycles. The Balaban J connectivity index is 1.74. The Bertz CT molecular complexity index is 868. The molecule has 0 aliphatic rings. The first-order valence-electron chi connectivity index (χ1n) is 7.54. The Kier molecular flexibility index (Phi) is 5.53. The van der Waals surface area contributed by atoms with Gasteiger partial charge in [-0.05, 0) is 30.3 Å². The van der Waals surface area contributed by atoms with E-state index in [4.69, 9.17) is 16.3 Å². The molecule has 0 saturated heterocycles. The number of aromatic nitrogens is 1. The van der Waals surface area contributed by atoms with Gasteiger partial charge in [-0.2, -0.15) is 0 Å². The van der Waals surface area contributed by atoms with Crippen molar-refractivity contribution >= 4 is 40.2 Å². The van der Waals surface area contributed by atoms with Crippen LogP contribution in [0.2, 0.25) is 4.47 Å². The van der Waals surface area contributed by atoms with E-state index < -0.39 is 0 Å². The van der Waals surface area contributed by atoms with Crippen molar-refractivity contribution < 1.29 is 9.53 Å². The molecule has 1 amide bonds. The molecule has 3 rings (SSSR count). The van der Waals surface area contributed by atoms with Crippen molar-refractivity contribution in [1.29, 1.82) is 0 Å². The van der Waals surface area contributed by atoms with Gasteiger partial charge in [-0.15, -0.1) is 11.3 Å². The van der Waals surface area contributed by atoms with E-state index in [2.05, 4.69) is 15.6 Å². The summed E-state index contributed by atoms with van der Waals surface area (Å²) in [6, 6.07) is 14.6. The molecular weight excluding hydrogens is 358 g/mol. The molecule has 0 radical (unpaired) electrons. The van der Waals surface area contributed by atoms with Crippen LogP contribution >= 0.6 is 22.9 Å². The molecule has 2 N–H and O–H groups in total. The summed E-state index contributed by atoms with van der Waals surface area (Å²) < 4.78 is 5.85. The van der Waals surface area contributed by atoms with E-state index in [-0.39, 0.29) is 5.91 Å². The van der Waals surface area contributed by atoms with Gasteiger partial charge in [0.1, 0.15) is 5.75 Å². The van der Waals surface area contributed by atoms with Gasteiger partial charge < -0.3 is 15.4 Å². The highest BCUT2D eigenvalue weighted by Gasteiger charge is 2.10. The summed E-state index contributed by atoms with van der Waals surface area (Å²) in [5.41, 5.74) is 2.04. The zero-order valence-electron chi connectivity index (χ0n) is 13.5. The molecule has 7 heteroatoms. The van der Waals surface area contributed by atoms with E-state index in [9.17, 15) is 4.79 Å². The van der Waals surface area contributed by atoms with Gasteiger partial charge in [0.15, 0.2) is 4.47 Å². The molecule has 1 heterocycles. The topological polar surface area (TPSA) is 63.2 Å². The lowest BCUT2D eigenvalue weighted by Crippen LogP contribution is -2.12. The second kappa shape index (κ2) is 8.00. The number of nitrogens with zero attached hydrogens (tertiary/aromatic N) is 1. The molecule has 0 fully saturated rings. The molecule has 128 valence electrons. The van der Waals surface area contributed by atoms with Gasteiger partial charge in [0, 0.05) is 22.3 Å². The Morgan fingerprint density at radius 2 is 2.04 bits per heavy atom. The first-order chi connectivity index (χ1) is 12.2. The van der Waals surface area contributed by atoms with Crippen LogP contribution in [0.1, 0.15) is 15.2 Å². The van der Waals surface area contributed by atoms with Crippen LogP contribution in [-0.4, -0.2) is 18.0 Å². The first-order valence-corrected chi connectivity index (χ1v) is 8.73. The minimum atomic E-state index is -0.190. The normalized spacial score (nSPS) is 10.3. The summed E-state index contributed by atoms with van der Waals surface area (Å²) in [7, 11) is 1.57. The second-order valence-corrected chi connectivity index (χ2v) is 6.87. The van der Waals surface area contributed by atoms with Gasteiger partial charge in [0.25, 0.3) is 5.91 Å². The second-order valence-electron chi connectivity index (χ2n) is 5.17. The number of nitrogens with one attached hydrogen (secondary N) is 2. The molecule has 0 aliphatic heterocycles. The predicted octanol–water partition coefficient (Wildman–Crippen LogP) is 4.67. The highest BCUT2D eigenvalue weighted by molar-refractivity contribution is 7.15. The Hall–Kier alpha value is -2.57. The number of methoxy groups -OCH3 is 1. The highest BCUT2D eigenvalue weighted by atomic mass is 35.5. The molecule has 0 aliphatic carbocycles. The van der Waals surface area contributed by atoms with Crippen molar-refractivity contribution in [2.75, 3.05) is 17.7 Å². The standard InChI is InChI=1S/C18H16ClN3O2S/c1-24-16-8-7-13(20-10-14-11-21-18(19)25-14)9-15(16)22-17(23)12-5-3-2-4-6-12/h2-9,11,20H,10H2,1H3,(H,22,23). The van der Waals surface area contributed by atoms with E-state index in [1.54, 1.807) is 25.4 Å². The average molecular weight is 374 g/mol. The number of amides is 1. The summed E-state index contributed by atoms with van der Waals surface area (Å²) >= 11 is 7.26. The van der Waals surface area contributed by atoms with Crippen LogP contribution in [0.3, 0.4) is 0 Å². The summed E-state index contributed by atoms with van der Waals surface area (Å²) in [6.45, 7) is 0.600. The molecule has 2 aromatic carbocycles. The van der Waals surface area contributed by atoms with Crippen LogP contribution in [0.15, 0.2) is 54.7 Å². The maximum Gasteiger partial charge on any atom is 0.255 e. The van der Waals surface area contributed by atoms with E-state index in [0.29, 0.717) is 28.0 Å². The zero-order chi connectivity index (χ0) is 17.6. The van der Waals surface area contributed by atoms with Crippen LogP contribution in [0.25, 0.3) is 0 Å². The van der Waals surface area contributed by atoms with Gasteiger partial charge in [-0.1, -0.05) is 29.8 Å². The fourth-order valence-corrected chi connectivity index (χ4v) is 3.17. The zero-order valence-corrected chi connectivity index (χ0v) is 15.0. The fraction of sp³-hybridized carbons (Fsp3) is 0.111. The quantitative estimate of drug-likeness (QED) is 0.659. The third-order valence-corrected chi connectivity index (χ3v) is 4.59. The third-order valence-electron chi connectivity index (χ3n) is 3.48. The predicted molar refractivity (Wildman–Crippen MR) is 102 cm³/mol. The molecule has 0 unspecified atom stereocenters. The minimum absolute atomic E-state index is 0.190. The lowest BCUT2D eigenvalue weighted by Gasteiger charge is -2.13. The summed E-state index contributed by atoms with van der Waals surface area (Å²) in [5, 5.41) is 6.17. The van der Waals surface area contributed by atoms with Gasteiger partial charge in [0.05, 0.1) is 19.3 Å². The van der Waals surface area contributed by atoms with E-state index in [1.165, 1.54) is 11.3 Å². The molecular formula is C18H16ClN3O2S. The molecule has 0 spiro atoms. The summed E-state index contributed by atoms with van der Waals surface area (Å²) in [6.07, 6.45) is 1.74. The number of carbonyl (C=O) groups is 1. The Morgan fingerprint density at radius 1 is 1.24 bits per heavy atom. The van der Waals surface area contributed by atoms with Crippen molar-refractivity contribution in [3.63, 3.8) is 0 Å². The number of rotatable bonds is 6. The van der Waals surface area contributed by atoms with Crippen molar-refractivity contribution in [3.05, 3.63) is 69.6 Å². The van der Waals surface area contributed by atoms with E-state index >= 15 is 0 Å². The van der Waals surface area contributed by atoms with E-state index in [0.717, 1.165) is 10.6 Å². The summed E-state index contributed by atoms with van der Waals surface area (Å²) in [5.74, 6) is 0.404. The van der Waals surface area contributed by atoms with Gasteiger partial charge in [-0.3, -0.25) is 4.79 Å². The van der Waals surface area contributed by atoms with Crippen LogP contribution in [0.4, 0.5) is 11.4 Å². The van der Waals surface area contributed by atoms with Crippen LogP contribution in [0.5, 0.6) is 5.75 Å². The molecule has 5 nitrogen and oxygen atoms in total. The van der Waals surface area contributed by atoms with Crippen LogP contribution in [-0.2, 0) is 6.54 Å². The van der Waals surface area contributed by atoms with Gasteiger partial charge in [-0.25, -0.2) is 4.98 Å². The number of hydrogen-bond donors (Lipinski definition) is 2. The van der Waals surface area contributed by atoms with Crippen molar-refractivity contribution in [1.82, 2.24) is 4.98 Å². The number of anilines is 2. The first kappa shape index (κ1) is 17.3. The molecule has 0 atom stereocenters. The summed E-state index contributed by atoms with van der Waals surface area (Å²) in [4.78, 5) is 17.4. The number of halogens is 1. The lowest BCUT2D eigenvalue weighted by atomic mass is 10.2. The largest absolute Gasteiger partial charge is 0.495 e. The van der Waals surface area contributed by atoms with E-state index in [1.807, 2.05) is 36.4 Å². The highest BCUT2D eigenvalue weighted by Crippen LogP contribution is 2.29. The molecule has 3 aromatic rings. The van der Waals surface area contributed by atoms with Crippen molar-refractivity contribution in [2.45, 2.75) is 6.54 Å². The fourth-order valence-electron chi connectivity index (χ4n) is 2.25. The number of ether oxygens (including phenoxy) is 1. The minimum Gasteiger partial charge on any atom is -0.495 e. The molecule has 1 aromatic heterocycles. The maximum absolute atomic E-state index is 12.4. The van der Waals surface area contributed by atoms with Gasteiger partial charge >= 0.3 is 0 Å². The average Bonchev–Trinajstić information content (AvgIpc) is 3.06. The Labute approximate surface area is 154 Å². The van der Waals surface area contributed by atoms with Crippen LogP contribution < -0.4 is 15.4 Å². The smallest absolute Gasteiger partial charge is 0.255 e.